The van der Waals surface area contributed by atoms with E-state index in [0.717, 1.165) is 33.3 Å². The average Bonchev–Trinajstić information content (AvgIpc) is 2.88. The van der Waals surface area contributed by atoms with E-state index in [1.54, 1.807) is 31.4 Å². The monoisotopic (exact) mass is 498 g/mol. The van der Waals surface area contributed by atoms with E-state index in [9.17, 15) is 8.42 Å². The van der Waals surface area contributed by atoms with Crippen molar-refractivity contribution in [3.05, 3.63) is 103 Å². The van der Waals surface area contributed by atoms with Crippen molar-refractivity contribution in [2.45, 2.75) is 11.4 Å². The van der Waals surface area contributed by atoms with E-state index in [2.05, 4.69) is 15.4 Å². The van der Waals surface area contributed by atoms with E-state index >= 15 is 0 Å². The normalized spacial score (nSPS) is 11.5. The number of nitrogens with one attached hydrogen (secondary N) is 1. The molecule has 1 heterocycles. The molecule has 0 aliphatic carbocycles. The fourth-order valence-electron chi connectivity index (χ4n) is 4.50. The van der Waals surface area contributed by atoms with Crippen LogP contribution in [0.5, 0.6) is 5.75 Å². The van der Waals surface area contributed by atoms with Crippen molar-refractivity contribution >= 4 is 43.1 Å². The number of nitrogens with zero attached hydrogens (tertiary/aromatic N) is 2. The molecule has 0 bridgehead atoms. The largest absolute Gasteiger partial charge is 0.497 e. The van der Waals surface area contributed by atoms with Crippen LogP contribution in [0.15, 0.2) is 102 Å². The van der Waals surface area contributed by atoms with Gasteiger partial charge in [0.2, 0.25) is 5.52 Å². The topological polar surface area (TPSA) is 62.5 Å². The average molecular weight is 499 g/mol. The number of ether oxygens (including phenoxy) is 1. The van der Waals surface area contributed by atoms with E-state index in [0.29, 0.717) is 17.6 Å². The van der Waals surface area contributed by atoms with Crippen molar-refractivity contribution in [3.63, 3.8) is 0 Å². The zero-order chi connectivity index (χ0) is 25.3. The number of methoxy groups -OCH3 is 1. The third-order valence-electron chi connectivity index (χ3n) is 6.28. The van der Waals surface area contributed by atoms with Gasteiger partial charge in [0.05, 0.1) is 17.4 Å². The van der Waals surface area contributed by atoms with Crippen LogP contribution < -0.4 is 18.9 Å². The molecule has 182 valence electrons. The van der Waals surface area contributed by atoms with E-state index < -0.39 is 10.0 Å². The molecule has 0 fully saturated rings. The van der Waals surface area contributed by atoms with Crippen molar-refractivity contribution < 1.29 is 17.7 Å². The first-order valence-corrected chi connectivity index (χ1v) is 13.1. The summed E-state index contributed by atoms with van der Waals surface area (Å²) in [5, 5.41) is 2.68. The van der Waals surface area contributed by atoms with Gasteiger partial charge in [0.25, 0.3) is 10.0 Å². The second-order valence-corrected chi connectivity index (χ2v) is 10.5. The molecule has 36 heavy (non-hydrogen) atoms. The molecule has 4 aromatic carbocycles. The Morgan fingerprint density at radius 1 is 0.861 bits per heavy atom. The van der Waals surface area contributed by atoms with Crippen LogP contribution in [0.1, 0.15) is 5.56 Å². The first-order chi connectivity index (χ1) is 17.4. The maximum absolute atomic E-state index is 13.3. The summed E-state index contributed by atoms with van der Waals surface area (Å²) in [6.45, 7) is 0.660. The molecule has 0 atom stereocenters. The van der Waals surface area contributed by atoms with Crippen molar-refractivity contribution in [1.29, 1.82) is 0 Å². The molecule has 1 N–H and O–H groups in total. The summed E-state index contributed by atoms with van der Waals surface area (Å²) < 4.78 is 36.9. The summed E-state index contributed by atoms with van der Waals surface area (Å²) in [6.07, 6.45) is 2.04. The molecule has 7 heteroatoms. The molecule has 0 radical (unpaired) electrons. The zero-order valence-corrected chi connectivity index (χ0v) is 21.3. The fraction of sp³-hybridized carbons (Fsp3) is 0.138. The summed E-state index contributed by atoms with van der Waals surface area (Å²) in [4.78, 5) is 2.24. The molecule has 0 aliphatic heterocycles. The highest BCUT2D eigenvalue weighted by Gasteiger charge is 2.19. The predicted molar refractivity (Wildman–Crippen MR) is 145 cm³/mol. The van der Waals surface area contributed by atoms with Crippen molar-refractivity contribution in [3.8, 4) is 5.75 Å². The maximum Gasteiger partial charge on any atom is 0.262 e. The predicted octanol–water partition coefficient (Wildman–Crippen LogP) is 5.20. The molecule has 0 saturated carbocycles. The summed E-state index contributed by atoms with van der Waals surface area (Å²) in [5.41, 5.74) is 3.65. The number of rotatable bonds is 7. The number of hydrogen-bond acceptors (Lipinski definition) is 4. The third-order valence-corrected chi connectivity index (χ3v) is 7.71. The summed E-state index contributed by atoms with van der Waals surface area (Å²) >= 11 is 0. The zero-order valence-electron chi connectivity index (χ0n) is 20.5. The molecule has 0 spiro atoms. The molecular weight excluding hydrogens is 470 g/mol. The van der Waals surface area contributed by atoms with E-state index in [4.69, 9.17) is 4.74 Å². The lowest BCUT2D eigenvalue weighted by molar-refractivity contribution is -0.662. The number of fused-ring (bicyclic) bond motifs is 2. The van der Waals surface area contributed by atoms with Gasteiger partial charge >= 0.3 is 0 Å². The number of anilines is 2. The van der Waals surface area contributed by atoms with Crippen LogP contribution in [-0.2, 0) is 16.6 Å². The number of sulfonamides is 1. The van der Waals surface area contributed by atoms with Crippen LogP contribution >= 0.6 is 0 Å². The molecule has 0 saturated heterocycles. The van der Waals surface area contributed by atoms with Gasteiger partial charge in [-0.1, -0.05) is 36.4 Å². The Kier molecular flexibility index (Phi) is 6.24. The second-order valence-electron chi connectivity index (χ2n) is 8.89. The van der Waals surface area contributed by atoms with E-state index in [1.807, 2.05) is 85.9 Å². The van der Waals surface area contributed by atoms with Gasteiger partial charge in [0.15, 0.2) is 12.7 Å². The lowest BCUT2D eigenvalue weighted by atomic mass is 10.1. The number of pyridine rings is 1. The lowest BCUT2D eigenvalue weighted by Gasteiger charge is -2.17. The fourth-order valence-corrected chi connectivity index (χ4v) is 5.78. The van der Waals surface area contributed by atoms with Crippen LogP contribution in [0.2, 0.25) is 0 Å². The second kappa shape index (κ2) is 9.51. The quantitative estimate of drug-likeness (QED) is 0.313. The minimum Gasteiger partial charge on any atom is -0.497 e. The van der Waals surface area contributed by atoms with Gasteiger partial charge in [-0.25, -0.2) is 8.42 Å². The van der Waals surface area contributed by atoms with Crippen LogP contribution in [0.4, 0.5) is 11.4 Å². The molecule has 6 nitrogen and oxygen atoms in total. The van der Waals surface area contributed by atoms with Crippen LogP contribution in [-0.4, -0.2) is 29.6 Å². The van der Waals surface area contributed by atoms with Crippen molar-refractivity contribution in [1.82, 2.24) is 0 Å². The molecule has 5 aromatic rings. The van der Waals surface area contributed by atoms with Gasteiger partial charge in [0, 0.05) is 53.9 Å². The highest BCUT2D eigenvalue weighted by molar-refractivity contribution is 7.93. The van der Waals surface area contributed by atoms with Crippen molar-refractivity contribution in [2.75, 3.05) is 30.8 Å². The molecule has 0 aliphatic rings. The van der Waals surface area contributed by atoms with Crippen LogP contribution in [0, 0.1) is 0 Å². The Morgan fingerprint density at radius 2 is 1.61 bits per heavy atom. The lowest BCUT2D eigenvalue weighted by Crippen LogP contribution is -2.34. The van der Waals surface area contributed by atoms with Gasteiger partial charge in [0.1, 0.15) is 5.75 Å². The maximum atomic E-state index is 13.3. The summed E-state index contributed by atoms with van der Waals surface area (Å²) in [5.74, 6) is 0.820. The first kappa shape index (κ1) is 23.6. The Bertz CT molecular complexity index is 1660. The van der Waals surface area contributed by atoms with Crippen LogP contribution in [0.3, 0.4) is 0 Å². The summed E-state index contributed by atoms with van der Waals surface area (Å²) in [7, 11) is 1.78. The highest BCUT2D eigenvalue weighted by atomic mass is 32.2. The highest BCUT2D eigenvalue weighted by Crippen LogP contribution is 2.31. The molecule has 0 unspecified atom stereocenters. The Hall–Kier alpha value is -4.10. The smallest absolute Gasteiger partial charge is 0.262 e. The Morgan fingerprint density at radius 3 is 2.36 bits per heavy atom. The number of benzene rings is 4. The Labute approximate surface area is 211 Å². The van der Waals surface area contributed by atoms with Crippen molar-refractivity contribution in [2.24, 2.45) is 0 Å². The van der Waals surface area contributed by atoms with E-state index in [1.165, 1.54) is 0 Å². The van der Waals surface area contributed by atoms with Gasteiger partial charge < -0.3 is 9.64 Å². The van der Waals surface area contributed by atoms with Gasteiger partial charge in [-0.05, 0) is 42.5 Å². The summed E-state index contributed by atoms with van der Waals surface area (Å²) in [6, 6.07) is 28.6. The standard InChI is InChI=1S/C29H28N3O3S/c1-31(2)28-10-4-9-26-25(28)8-5-11-29(26)36(33,34)30-23-14-12-21(13-15-23)20-32-18-6-7-22-19-24(35-3)16-17-27(22)32/h4-19,30H,20H2,1-3H3/q+1. The first-order valence-electron chi connectivity index (χ1n) is 11.6. The minimum absolute atomic E-state index is 0.259. The SMILES string of the molecule is COc1ccc2c(ccc[n+]2Cc2ccc(NS(=O)(=O)c3cccc4c(N(C)C)cccc34)cc2)c1. The molecule has 1 aromatic heterocycles. The molecule has 0 amide bonds. The van der Waals surface area contributed by atoms with Gasteiger partial charge in [-0.2, -0.15) is 4.57 Å². The molecule has 5 rings (SSSR count). The minimum atomic E-state index is -3.78. The van der Waals surface area contributed by atoms with Gasteiger partial charge in [-0.3, -0.25) is 4.72 Å². The Balaban J connectivity index is 1.40. The van der Waals surface area contributed by atoms with Gasteiger partial charge in [-0.15, -0.1) is 0 Å². The van der Waals surface area contributed by atoms with E-state index in [-0.39, 0.29) is 4.90 Å². The van der Waals surface area contributed by atoms with Crippen LogP contribution in [0.25, 0.3) is 21.7 Å². The number of hydrogen-bond donors (Lipinski definition) is 1. The molecular formula is C29H28N3O3S+. The third kappa shape index (κ3) is 4.57. The number of aromatic nitrogens is 1.